The van der Waals surface area contributed by atoms with Crippen molar-refractivity contribution in [3.8, 4) is 11.5 Å². The second-order valence-electron chi connectivity index (χ2n) is 7.70. The van der Waals surface area contributed by atoms with E-state index < -0.39 is 22.0 Å². The van der Waals surface area contributed by atoms with Crippen molar-refractivity contribution in [2.24, 2.45) is 0 Å². The van der Waals surface area contributed by atoms with Crippen LogP contribution in [0.2, 0.25) is 5.02 Å². The fraction of sp³-hybridized carbons (Fsp3) is 0.240. The zero-order valence-electron chi connectivity index (χ0n) is 19.1. The van der Waals surface area contributed by atoms with Crippen LogP contribution in [0.3, 0.4) is 0 Å². The number of sulfonamides is 1. The molecule has 0 bridgehead atoms. The van der Waals surface area contributed by atoms with Crippen LogP contribution < -0.4 is 13.8 Å². The van der Waals surface area contributed by atoms with Crippen LogP contribution >= 0.6 is 11.6 Å². The van der Waals surface area contributed by atoms with Crippen LogP contribution in [0.25, 0.3) is 0 Å². The van der Waals surface area contributed by atoms with Crippen LogP contribution in [-0.4, -0.2) is 32.1 Å². The molecule has 0 unspecified atom stereocenters. The summed E-state index contributed by atoms with van der Waals surface area (Å²) in [6, 6.07) is 16.9. The average molecular weight is 504 g/mol. The molecule has 3 rings (SSSR count). The Hall–Kier alpha value is -3.23. The zero-order valence-corrected chi connectivity index (χ0v) is 20.6. The third kappa shape index (κ3) is 5.81. The van der Waals surface area contributed by atoms with E-state index in [0.29, 0.717) is 23.1 Å². The molecule has 0 spiro atoms. The quantitative estimate of drug-likeness (QED) is 0.386. The number of benzene rings is 3. The maximum Gasteiger partial charge on any atom is 0.335 e. The molecule has 0 atom stereocenters. The lowest BCUT2D eigenvalue weighted by Gasteiger charge is -2.30. The summed E-state index contributed by atoms with van der Waals surface area (Å²) in [4.78, 5) is 11.2. The van der Waals surface area contributed by atoms with Gasteiger partial charge in [-0.3, -0.25) is 4.31 Å². The molecule has 0 fully saturated rings. The Morgan fingerprint density at radius 3 is 2.21 bits per heavy atom. The first-order valence-corrected chi connectivity index (χ1v) is 12.5. The molecule has 0 radical (unpaired) electrons. The SMILES string of the molecule is CCOc1ccc(S(=O)(=O)N(c2ccc(Cl)cc2OCc2ccc(C(=O)O)cc2)C(C)C)cc1. The van der Waals surface area contributed by atoms with E-state index in [1.807, 2.05) is 6.92 Å². The minimum atomic E-state index is -3.93. The molecule has 34 heavy (non-hydrogen) atoms. The number of carbonyl (C=O) groups is 1. The van der Waals surface area contributed by atoms with E-state index in [1.165, 1.54) is 28.6 Å². The molecule has 0 aliphatic carbocycles. The predicted octanol–water partition coefficient (Wildman–Crippen LogP) is 5.62. The Kier molecular flexibility index (Phi) is 8.06. The third-order valence-electron chi connectivity index (χ3n) is 4.92. The summed E-state index contributed by atoms with van der Waals surface area (Å²) < 4.78 is 39.9. The number of ether oxygens (including phenoxy) is 2. The molecule has 9 heteroatoms. The van der Waals surface area contributed by atoms with Gasteiger partial charge in [-0.15, -0.1) is 0 Å². The topological polar surface area (TPSA) is 93.1 Å². The second kappa shape index (κ2) is 10.8. The number of carboxylic acid groups (broad SMARTS) is 1. The fourth-order valence-electron chi connectivity index (χ4n) is 3.36. The highest BCUT2D eigenvalue weighted by atomic mass is 35.5. The van der Waals surface area contributed by atoms with E-state index in [0.717, 1.165) is 5.56 Å². The Morgan fingerprint density at radius 1 is 1.00 bits per heavy atom. The van der Waals surface area contributed by atoms with Gasteiger partial charge < -0.3 is 14.6 Å². The maximum atomic E-state index is 13.6. The smallest absolute Gasteiger partial charge is 0.335 e. The van der Waals surface area contributed by atoms with Gasteiger partial charge in [0.15, 0.2) is 0 Å². The first-order valence-electron chi connectivity index (χ1n) is 10.7. The van der Waals surface area contributed by atoms with Crippen LogP contribution in [0.15, 0.2) is 71.6 Å². The maximum absolute atomic E-state index is 13.6. The first-order chi connectivity index (χ1) is 16.1. The van der Waals surface area contributed by atoms with E-state index in [-0.39, 0.29) is 22.8 Å². The largest absolute Gasteiger partial charge is 0.494 e. The number of halogens is 1. The minimum absolute atomic E-state index is 0.0995. The number of anilines is 1. The summed E-state index contributed by atoms with van der Waals surface area (Å²) >= 11 is 6.19. The Balaban J connectivity index is 1.94. The zero-order chi connectivity index (χ0) is 24.9. The Labute approximate surface area is 204 Å². The van der Waals surface area contributed by atoms with Crippen LogP contribution in [0.5, 0.6) is 11.5 Å². The number of nitrogens with zero attached hydrogens (tertiary/aromatic N) is 1. The lowest BCUT2D eigenvalue weighted by molar-refractivity contribution is 0.0697. The second-order valence-corrected chi connectivity index (χ2v) is 9.95. The van der Waals surface area contributed by atoms with Gasteiger partial charge in [0.1, 0.15) is 18.1 Å². The summed E-state index contributed by atoms with van der Waals surface area (Å²) in [6.07, 6.45) is 0. The van der Waals surface area contributed by atoms with Crippen molar-refractivity contribution in [3.63, 3.8) is 0 Å². The summed E-state index contributed by atoms with van der Waals surface area (Å²) in [5, 5.41) is 9.45. The molecule has 0 aromatic heterocycles. The molecule has 1 N–H and O–H groups in total. The summed E-state index contributed by atoms with van der Waals surface area (Å²) in [7, 11) is -3.93. The average Bonchev–Trinajstić information content (AvgIpc) is 2.79. The predicted molar refractivity (Wildman–Crippen MR) is 132 cm³/mol. The Bertz CT molecular complexity index is 1240. The molecule has 0 heterocycles. The van der Waals surface area contributed by atoms with Gasteiger partial charge in [-0.25, -0.2) is 13.2 Å². The van der Waals surface area contributed by atoms with Crippen LogP contribution in [0.1, 0.15) is 36.7 Å². The number of carboxylic acids is 1. The van der Waals surface area contributed by atoms with E-state index in [2.05, 4.69) is 0 Å². The van der Waals surface area contributed by atoms with Crippen LogP contribution in [0.4, 0.5) is 5.69 Å². The Morgan fingerprint density at radius 2 is 1.65 bits per heavy atom. The van der Waals surface area contributed by atoms with Gasteiger partial charge in [-0.2, -0.15) is 0 Å². The van der Waals surface area contributed by atoms with Gasteiger partial charge in [0.2, 0.25) is 0 Å². The molecule has 0 aliphatic rings. The molecule has 7 nitrogen and oxygen atoms in total. The van der Waals surface area contributed by atoms with Gasteiger partial charge in [-0.05, 0) is 74.9 Å². The molecule has 0 saturated carbocycles. The van der Waals surface area contributed by atoms with Crippen molar-refractivity contribution in [2.75, 3.05) is 10.9 Å². The third-order valence-corrected chi connectivity index (χ3v) is 7.15. The van der Waals surface area contributed by atoms with Gasteiger partial charge in [0.05, 0.1) is 22.8 Å². The minimum Gasteiger partial charge on any atom is -0.494 e. The van der Waals surface area contributed by atoms with Crippen molar-refractivity contribution in [1.82, 2.24) is 0 Å². The summed E-state index contributed by atoms with van der Waals surface area (Å²) in [6.45, 7) is 5.98. The molecule has 0 saturated heterocycles. The van der Waals surface area contributed by atoms with Gasteiger partial charge in [0, 0.05) is 17.1 Å². The van der Waals surface area contributed by atoms with Crippen molar-refractivity contribution in [3.05, 3.63) is 82.9 Å². The number of aromatic carboxylic acids is 1. The van der Waals surface area contributed by atoms with Crippen molar-refractivity contribution in [1.29, 1.82) is 0 Å². The first kappa shape index (κ1) is 25.4. The van der Waals surface area contributed by atoms with Gasteiger partial charge >= 0.3 is 5.97 Å². The highest BCUT2D eigenvalue weighted by Gasteiger charge is 2.30. The molecular formula is C25H26ClNO6S. The van der Waals surface area contributed by atoms with E-state index in [9.17, 15) is 13.2 Å². The molecule has 180 valence electrons. The molecule has 0 amide bonds. The molecule has 3 aromatic rings. The van der Waals surface area contributed by atoms with Crippen LogP contribution in [-0.2, 0) is 16.6 Å². The fourth-order valence-corrected chi connectivity index (χ4v) is 5.20. The van der Waals surface area contributed by atoms with Crippen LogP contribution in [0, 0.1) is 0 Å². The standard InChI is InChI=1S/C25H26ClNO6S/c1-4-32-21-10-12-22(13-11-21)34(30,31)27(17(2)3)23-14-9-20(26)15-24(23)33-16-18-5-7-19(8-6-18)25(28)29/h5-15,17H,4,16H2,1-3H3,(H,28,29). The lowest BCUT2D eigenvalue weighted by Crippen LogP contribution is -2.37. The summed E-state index contributed by atoms with van der Waals surface area (Å²) in [5.41, 5.74) is 1.23. The molecule has 3 aromatic carbocycles. The van der Waals surface area contributed by atoms with Gasteiger partial charge in [-0.1, -0.05) is 23.7 Å². The van der Waals surface area contributed by atoms with E-state index in [1.54, 1.807) is 56.3 Å². The van der Waals surface area contributed by atoms with E-state index in [4.69, 9.17) is 26.2 Å². The summed E-state index contributed by atoms with van der Waals surface area (Å²) in [5.74, 6) is -0.142. The van der Waals surface area contributed by atoms with Crippen molar-refractivity contribution in [2.45, 2.75) is 38.3 Å². The van der Waals surface area contributed by atoms with Crippen molar-refractivity contribution >= 4 is 33.3 Å². The van der Waals surface area contributed by atoms with Crippen molar-refractivity contribution < 1.29 is 27.8 Å². The molecule has 0 aliphatic heterocycles. The number of hydrogen-bond acceptors (Lipinski definition) is 5. The monoisotopic (exact) mass is 503 g/mol. The molecular weight excluding hydrogens is 478 g/mol. The normalized spacial score (nSPS) is 11.3. The van der Waals surface area contributed by atoms with E-state index >= 15 is 0 Å². The number of hydrogen-bond donors (Lipinski definition) is 1. The highest BCUT2D eigenvalue weighted by molar-refractivity contribution is 7.92. The van der Waals surface area contributed by atoms with Gasteiger partial charge in [0.25, 0.3) is 10.0 Å². The number of rotatable bonds is 10. The highest BCUT2D eigenvalue weighted by Crippen LogP contribution is 2.37. The lowest BCUT2D eigenvalue weighted by atomic mass is 10.1.